The molecule has 1 aliphatic heterocycles. The molecule has 1 saturated heterocycles. The zero-order chi connectivity index (χ0) is 22.4. The van der Waals surface area contributed by atoms with Gasteiger partial charge in [-0.05, 0) is 68.0 Å². The molecule has 2 heteroatoms. The van der Waals surface area contributed by atoms with Crippen LogP contribution in [0, 0.1) is 31.6 Å². The Hall–Kier alpha value is -2.48. The average Bonchev–Trinajstić information content (AvgIpc) is 2.92. The summed E-state index contributed by atoms with van der Waals surface area (Å²) in [5.41, 5.74) is 9.86. The number of hydrogen-bond donors (Lipinski definition) is 0. The van der Waals surface area contributed by atoms with E-state index in [0.717, 1.165) is 0 Å². The maximum Gasteiger partial charge on any atom is 0.177 e. The summed E-state index contributed by atoms with van der Waals surface area (Å²) < 4.78 is 0. The molecule has 1 aliphatic rings. The molecule has 0 radical (unpaired) electrons. The van der Waals surface area contributed by atoms with Crippen LogP contribution >= 0.6 is 0 Å². The van der Waals surface area contributed by atoms with E-state index in [0.29, 0.717) is 17.5 Å². The van der Waals surface area contributed by atoms with Gasteiger partial charge >= 0.3 is 0 Å². The molecule has 160 valence electrons. The van der Waals surface area contributed by atoms with Gasteiger partial charge in [-0.15, -0.1) is 0 Å². The lowest BCUT2D eigenvalue weighted by atomic mass is 9.41. The summed E-state index contributed by atoms with van der Waals surface area (Å²) in [7, 11) is 0. The van der Waals surface area contributed by atoms with Crippen LogP contribution in [0.3, 0.4) is 0 Å². The molecule has 0 amide bonds. The normalized spacial score (nSPS) is 17.1. The molecule has 0 atom stereocenters. The maximum atomic E-state index is 2.44. The monoisotopic (exact) mass is 409 g/mol. The minimum atomic E-state index is 0.374. The highest BCUT2D eigenvalue weighted by atomic mass is 15.1. The molecule has 0 N–H and O–H groups in total. The van der Waals surface area contributed by atoms with Crippen molar-refractivity contribution in [2.75, 3.05) is 4.90 Å². The van der Waals surface area contributed by atoms with E-state index in [-0.39, 0.29) is 0 Å². The molecule has 3 aromatic carbocycles. The Kier molecular flexibility index (Phi) is 5.54. The van der Waals surface area contributed by atoms with Gasteiger partial charge in [-0.1, -0.05) is 92.8 Å². The van der Waals surface area contributed by atoms with Crippen molar-refractivity contribution in [3.63, 3.8) is 0 Å². The van der Waals surface area contributed by atoms with Gasteiger partial charge < -0.3 is 4.90 Å². The Bertz CT molecular complexity index is 999. The third-order valence-corrected chi connectivity index (χ3v) is 7.88. The highest BCUT2D eigenvalue weighted by Gasteiger charge is 2.48. The van der Waals surface area contributed by atoms with Gasteiger partial charge in [0.2, 0.25) is 0 Å². The van der Waals surface area contributed by atoms with E-state index in [1.165, 1.54) is 51.9 Å². The second-order valence-corrected chi connectivity index (χ2v) is 10.9. The van der Waals surface area contributed by atoms with Crippen molar-refractivity contribution >= 4 is 29.2 Å². The van der Waals surface area contributed by atoms with Crippen molar-refractivity contribution in [3.8, 4) is 0 Å². The van der Waals surface area contributed by atoms with E-state index in [4.69, 9.17) is 0 Å². The van der Waals surface area contributed by atoms with Crippen LogP contribution in [0.2, 0.25) is 12.6 Å². The fraction of sp³-hybridized carbons (Fsp3) is 0.379. The number of benzene rings is 3. The Labute approximate surface area is 189 Å². The topological polar surface area (TPSA) is 3.24 Å². The van der Waals surface area contributed by atoms with Crippen molar-refractivity contribution in [2.24, 2.45) is 10.8 Å². The third-order valence-electron chi connectivity index (χ3n) is 7.88. The van der Waals surface area contributed by atoms with Gasteiger partial charge in [-0.25, -0.2) is 0 Å². The molecule has 0 saturated carbocycles. The SMILES string of the molecule is Cc1ccc(N(c2ccc(C)cc2)c2ccc(B3CC(C)(C)C(C)(C)C3)c(C)c2)cc1. The molecule has 1 fully saturated rings. The van der Waals surface area contributed by atoms with E-state index in [9.17, 15) is 0 Å². The van der Waals surface area contributed by atoms with Crippen LogP contribution in [0.1, 0.15) is 44.4 Å². The van der Waals surface area contributed by atoms with Gasteiger partial charge in [0, 0.05) is 17.1 Å². The van der Waals surface area contributed by atoms with Gasteiger partial charge in [-0.2, -0.15) is 0 Å². The lowest BCUT2D eigenvalue weighted by Crippen LogP contribution is -2.30. The summed E-state index contributed by atoms with van der Waals surface area (Å²) in [5, 5.41) is 0. The van der Waals surface area contributed by atoms with Crippen molar-refractivity contribution in [2.45, 2.75) is 61.1 Å². The first kappa shape index (κ1) is 21.7. The Morgan fingerprint density at radius 3 is 1.45 bits per heavy atom. The van der Waals surface area contributed by atoms with Gasteiger partial charge in [0.15, 0.2) is 6.71 Å². The molecule has 3 aromatic rings. The number of rotatable bonds is 4. The van der Waals surface area contributed by atoms with Crippen LogP contribution in [-0.2, 0) is 0 Å². The Balaban J connectivity index is 1.74. The largest absolute Gasteiger partial charge is 0.310 e. The number of aryl methyl sites for hydroxylation is 3. The minimum absolute atomic E-state index is 0.374. The van der Waals surface area contributed by atoms with Gasteiger partial charge in [0.05, 0.1) is 0 Å². The fourth-order valence-electron chi connectivity index (χ4n) is 5.17. The quantitative estimate of drug-likeness (QED) is 0.397. The van der Waals surface area contributed by atoms with Crippen molar-refractivity contribution < 1.29 is 0 Å². The van der Waals surface area contributed by atoms with Crippen LogP contribution in [0.25, 0.3) is 0 Å². The zero-order valence-electron chi connectivity index (χ0n) is 20.3. The van der Waals surface area contributed by atoms with Gasteiger partial charge in [0.25, 0.3) is 0 Å². The molecule has 0 bridgehead atoms. The molecule has 4 rings (SSSR count). The summed E-state index contributed by atoms with van der Waals surface area (Å²) in [5.74, 6) is 0. The smallest absolute Gasteiger partial charge is 0.177 e. The predicted octanol–water partition coefficient (Wildman–Crippen LogP) is 7.85. The molecule has 1 nitrogen and oxygen atoms in total. The minimum Gasteiger partial charge on any atom is -0.310 e. The van der Waals surface area contributed by atoms with Crippen LogP contribution in [0.15, 0.2) is 66.7 Å². The van der Waals surface area contributed by atoms with Crippen LogP contribution in [0.5, 0.6) is 0 Å². The second-order valence-electron chi connectivity index (χ2n) is 10.9. The van der Waals surface area contributed by atoms with Crippen LogP contribution < -0.4 is 10.4 Å². The lowest BCUT2D eigenvalue weighted by molar-refractivity contribution is 0.177. The molecule has 31 heavy (non-hydrogen) atoms. The summed E-state index contributed by atoms with van der Waals surface area (Å²) in [6, 6.07) is 24.8. The highest BCUT2D eigenvalue weighted by Crippen LogP contribution is 2.52. The van der Waals surface area contributed by atoms with Crippen molar-refractivity contribution in [1.29, 1.82) is 0 Å². The molecule has 0 aliphatic carbocycles. The number of anilines is 3. The number of nitrogens with zero attached hydrogens (tertiary/aromatic N) is 1. The molecule has 0 unspecified atom stereocenters. The molecular formula is C29H36BN. The Morgan fingerprint density at radius 1 is 0.613 bits per heavy atom. The summed E-state index contributed by atoms with van der Waals surface area (Å²) in [6.07, 6.45) is 2.53. The summed E-state index contributed by atoms with van der Waals surface area (Å²) in [4.78, 5) is 2.37. The zero-order valence-corrected chi connectivity index (χ0v) is 20.3. The molecule has 0 spiro atoms. The van der Waals surface area contributed by atoms with E-state index in [1.54, 1.807) is 0 Å². The summed E-state index contributed by atoms with van der Waals surface area (Å²) in [6.45, 7) is 17.0. The van der Waals surface area contributed by atoms with Crippen LogP contribution in [0.4, 0.5) is 17.1 Å². The van der Waals surface area contributed by atoms with Crippen molar-refractivity contribution in [1.82, 2.24) is 0 Å². The van der Waals surface area contributed by atoms with E-state index >= 15 is 0 Å². The Morgan fingerprint density at radius 2 is 1.03 bits per heavy atom. The van der Waals surface area contributed by atoms with Crippen LogP contribution in [-0.4, -0.2) is 6.71 Å². The molecular weight excluding hydrogens is 373 g/mol. The van der Waals surface area contributed by atoms with Crippen molar-refractivity contribution in [3.05, 3.63) is 83.4 Å². The predicted molar refractivity (Wildman–Crippen MR) is 138 cm³/mol. The van der Waals surface area contributed by atoms with E-state index in [1.807, 2.05) is 0 Å². The average molecular weight is 409 g/mol. The highest BCUT2D eigenvalue weighted by molar-refractivity contribution is 6.74. The molecule has 0 aromatic heterocycles. The first-order valence-corrected chi connectivity index (χ1v) is 11.6. The number of hydrogen-bond acceptors (Lipinski definition) is 1. The summed E-state index contributed by atoms with van der Waals surface area (Å²) >= 11 is 0. The fourth-order valence-corrected chi connectivity index (χ4v) is 5.17. The van der Waals surface area contributed by atoms with Gasteiger partial charge in [-0.3, -0.25) is 0 Å². The first-order chi connectivity index (χ1) is 14.6. The second kappa shape index (κ2) is 7.90. The molecule has 1 heterocycles. The third kappa shape index (κ3) is 4.18. The first-order valence-electron chi connectivity index (χ1n) is 11.6. The standard InChI is InChI=1S/C29H36BN/c1-21-8-12-24(13-9-21)31(25-14-10-22(2)11-15-25)26-16-17-27(23(3)18-26)30-19-28(4,5)29(6,7)20-30/h8-18H,19-20H2,1-7H3. The van der Waals surface area contributed by atoms with Gasteiger partial charge in [0.1, 0.15) is 0 Å². The van der Waals surface area contributed by atoms with E-state index in [2.05, 4.69) is 120 Å². The van der Waals surface area contributed by atoms with E-state index < -0.39 is 0 Å². The maximum absolute atomic E-state index is 2.44. The lowest BCUT2D eigenvalue weighted by Gasteiger charge is -2.35.